The van der Waals surface area contributed by atoms with Gasteiger partial charge in [0.15, 0.2) is 0 Å². The summed E-state index contributed by atoms with van der Waals surface area (Å²) in [5.74, 6) is 0.236. The van der Waals surface area contributed by atoms with Crippen molar-refractivity contribution in [2.75, 3.05) is 11.4 Å². The fourth-order valence-corrected chi connectivity index (χ4v) is 3.67. The van der Waals surface area contributed by atoms with Crippen LogP contribution in [0.2, 0.25) is 0 Å². The molecule has 0 saturated heterocycles. The van der Waals surface area contributed by atoms with E-state index in [2.05, 4.69) is 47.4 Å². The summed E-state index contributed by atoms with van der Waals surface area (Å²) in [6.07, 6.45) is 5.81. The van der Waals surface area contributed by atoms with E-state index in [0.717, 1.165) is 30.8 Å². The van der Waals surface area contributed by atoms with Gasteiger partial charge in [-0.1, -0.05) is 24.3 Å². The van der Waals surface area contributed by atoms with Gasteiger partial charge >= 0.3 is 5.97 Å². The van der Waals surface area contributed by atoms with Gasteiger partial charge in [0.2, 0.25) is 0 Å². The van der Waals surface area contributed by atoms with E-state index < -0.39 is 5.97 Å². The molecular formula is C22H25NO3. The van der Waals surface area contributed by atoms with Crippen molar-refractivity contribution in [2.24, 2.45) is 0 Å². The van der Waals surface area contributed by atoms with Gasteiger partial charge in [0.05, 0.1) is 6.10 Å². The highest BCUT2D eigenvalue weighted by Crippen LogP contribution is 2.30. The van der Waals surface area contributed by atoms with Gasteiger partial charge in [0, 0.05) is 31.3 Å². The van der Waals surface area contributed by atoms with Gasteiger partial charge in [0.1, 0.15) is 5.75 Å². The van der Waals surface area contributed by atoms with Crippen LogP contribution < -0.4 is 9.64 Å². The number of ether oxygens (including phenoxy) is 1. The van der Waals surface area contributed by atoms with Crippen molar-refractivity contribution in [3.8, 4) is 5.75 Å². The van der Waals surface area contributed by atoms with E-state index in [1.165, 1.54) is 36.1 Å². The highest BCUT2D eigenvalue weighted by Gasteiger charge is 2.20. The Hall–Kier alpha value is -2.49. The molecule has 2 aromatic carbocycles. The van der Waals surface area contributed by atoms with Crippen molar-refractivity contribution in [1.82, 2.24) is 0 Å². The monoisotopic (exact) mass is 351 g/mol. The first kappa shape index (κ1) is 17.0. The first-order chi connectivity index (χ1) is 12.7. The van der Waals surface area contributed by atoms with E-state index in [1.807, 2.05) is 0 Å². The fraction of sp³-hybridized carbons (Fsp3) is 0.409. The largest absolute Gasteiger partial charge is 0.490 e. The summed E-state index contributed by atoms with van der Waals surface area (Å²) < 4.78 is 6.04. The Labute approximate surface area is 154 Å². The van der Waals surface area contributed by atoms with Crippen molar-refractivity contribution >= 4 is 11.7 Å². The molecule has 1 heterocycles. The Kier molecular flexibility index (Phi) is 4.83. The maximum absolute atomic E-state index is 10.8. The molecule has 0 radical (unpaired) electrons. The molecular weight excluding hydrogens is 326 g/mol. The van der Waals surface area contributed by atoms with Crippen LogP contribution in [0.5, 0.6) is 5.75 Å². The van der Waals surface area contributed by atoms with Gasteiger partial charge < -0.3 is 14.7 Å². The summed E-state index contributed by atoms with van der Waals surface area (Å²) in [6, 6.07) is 14.9. The van der Waals surface area contributed by atoms with E-state index in [1.54, 1.807) is 0 Å². The molecule has 2 aromatic rings. The lowest BCUT2D eigenvalue weighted by Gasteiger charge is -2.32. The normalized spacial score (nSPS) is 16.7. The summed E-state index contributed by atoms with van der Waals surface area (Å²) in [4.78, 5) is 13.2. The summed E-state index contributed by atoms with van der Waals surface area (Å²) >= 11 is 0. The second-order valence-electron chi connectivity index (χ2n) is 7.34. The molecule has 4 nitrogen and oxygen atoms in total. The highest BCUT2D eigenvalue weighted by atomic mass is 16.5. The molecule has 0 atom stereocenters. The van der Waals surface area contributed by atoms with Gasteiger partial charge in [-0.2, -0.15) is 0 Å². The molecule has 2 aliphatic rings. The number of carboxylic acids is 1. The van der Waals surface area contributed by atoms with Gasteiger partial charge in [-0.05, 0) is 60.9 Å². The quantitative estimate of drug-likeness (QED) is 0.847. The number of anilines is 1. The highest BCUT2D eigenvalue weighted by molar-refractivity contribution is 5.67. The molecule has 4 rings (SSSR count). The van der Waals surface area contributed by atoms with E-state index in [-0.39, 0.29) is 6.42 Å². The number of aliphatic carboxylic acids is 1. The molecule has 0 aromatic heterocycles. The first-order valence-corrected chi connectivity index (χ1v) is 9.51. The molecule has 26 heavy (non-hydrogen) atoms. The average molecular weight is 351 g/mol. The lowest BCUT2D eigenvalue weighted by molar-refractivity contribution is -0.136. The van der Waals surface area contributed by atoms with Crippen LogP contribution >= 0.6 is 0 Å². The lowest BCUT2D eigenvalue weighted by atomic mass is 9.95. The summed E-state index contributed by atoms with van der Waals surface area (Å²) in [6.45, 7) is 1.86. The molecule has 0 unspecified atom stereocenters. The number of hydrogen-bond donors (Lipinski definition) is 1. The number of carboxylic acid groups (broad SMARTS) is 1. The summed E-state index contributed by atoms with van der Waals surface area (Å²) in [7, 11) is 0. The topological polar surface area (TPSA) is 49.8 Å². The number of aryl methyl sites for hydroxylation is 1. The van der Waals surface area contributed by atoms with E-state index in [0.29, 0.717) is 12.5 Å². The third kappa shape index (κ3) is 3.85. The summed E-state index contributed by atoms with van der Waals surface area (Å²) in [5.41, 5.74) is 5.02. The second kappa shape index (κ2) is 7.40. The predicted molar refractivity (Wildman–Crippen MR) is 102 cm³/mol. The Balaban J connectivity index is 1.44. The van der Waals surface area contributed by atoms with Crippen molar-refractivity contribution in [1.29, 1.82) is 0 Å². The Morgan fingerprint density at radius 1 is 1.15 bits per heavy atom. The zero-order valence-corrected chi connectivity index (χ0v) is 15.0. The van der Waals surface area contributed by atoms with E-state index in [9.17, 15) is 4.79 Å². The van der Waals surface area contributed by atoms with Gasteiger partial charge in [-0.3, -0.25) is 4.79 Å². The minimum atomic E-state index is -0.738. The van der Waals surface area contributed by atoms with Crippen LogP contribution in [0.4, 0.5) is 5.69 Å². The fourth-order valence-electron chi connectivity index (χ4n) is 3.67. The Bertz CT molecular complexity index is 798. The second-order valence-corrected chi connectivity index (χ2v) is 7.34. The van der Waals surface area contributed by atoms with Crippen molar-refractivity contribution in [3.63, 3.8) is 0 Å². The van der Waals surface area contributed by atoms with Crippen LogP contribution in [0.15, 0.2) is 42.5 Å². The first-order valence-electron chi connectivity index (χ1n) is 9.51. The molecule has 0 bridgehead atoms. The molecule has 1 aliphatic heterocycles. The number of carbonyl (C=O) groups is 1. The van der Waals surface area contributed by atoms with Crippen LogP contribution in [0.25, 0.3) is 0 Å². The lowest BCUT2D eigenvalue weighted by Crippen LogP contribution is -2.30. The number of nitrogens with zero attached hydrogens (tertiary/aromatic N) is 1. The third-order valence-corrected chi connectivity index (χ3v) is 5.45. The van der Waals surface area contributed by atoms with Gasteiger partial charge in [0.25, 0.3) is 0 Å². The number of benzene rings is 2. The number of rotatable bonds is 6. The number of fused-ring (bicyclic) bond motifs is 1. The van der Waals surface area contributed by atoms with E-state index in [4.69, 9.17) is 9.84 Å². The van der Waals surface area contributed by atoms with Crippen LogP contribution in [0, 0.1) is 0 Å². The average Bonchev–Trinajstić information content (AvgIpc) is 2.63. The van der Waals surface area contributed by atoms with Gasteiger partial charge in [-0.25, -0.2) is 0 Å². The third-order valence-electron chi connectivity index (χ3n) is 5.45. The molecule has 1 aliphatic carbocycles. The molecule has 0 spiro atoms. The van der Waals surface area contributed by atoms with Crippen LogP contribution in [-0.2, 0) is 24.2 Å². The zero-order chi connectivity index (χ0) is 17.9. The predicted octanol–water partition coefficient (Wildman–Crippen LogP) is 4.20. The van der Waals surface area contributed by atoms with Crippen LogP contribution in [0.3, 0.4) is 0 Å². The molecule has 1 N–H and O–H groups in total. The van der Waals surface area contributed by atoms with Crippen LogP contribution in [0.1, 0.15) is 42.4 Å². The zero-order valence-electron chi connectivity index (χ0n) is 15.0. The Morgan fingerprint density at radius 2 is 2.04 bits per heavy atom. The van der Waals surface area contributed by atoms with Crippen molar-refractivity contribution in [2.45, 2.75) is 51.2 Å². The van der Waals surface area contributed by atoms with Crippen molar-refractivity contribution in [3.05, 3.63) is 59.2 Å². The van der Waals surface area contributed by atoms with Crippen molar-refractivity contribution < 1.29 is 14.6 Å². The minimum Gasteiger partial charge on any atom is -0.490 e. The van der Waals surface area contributed by atoms with E-state index >= 15 is 0 Å². The molecule has 4 heteroatoms. The smallest absolute Gasteiger partial charge is 0.303 e. The number of hydrogen-bond acceptors (Lipinski definition) is 3. The standard InChI is InChI=1S/C22H25NO3/c24-22(25)10-8-16-7-9-18-15-23(12-11-17(18)13-16)19-3-1-6-21(14-19)26-20-4-2-5-20/h1,3,6-7,9,13-14,20H,2,4-5,8,10-12,15H2,(H,24,25). The molecule has 136 valence electrons. The SMILES string of the molecule is O=C(O)CCc1ccc2c(c1)CCN(c1cccc(OC3CCC3)c1)C2. The van der Waals surface area contributed by atoms with Crippen LogP contribution in [-0.4, -0.2) is 23.7 Å². The molecule has 0 amide bonds. The summed E-state index contributed by atoms with van der Waals surface area (Å²) in [5, 5.41) is 8.85. The molecule has 1 fully saturated rings. The van der Waals surface area contributed by atoms with Gasteiger partial charge in [-0.15, -0.1) is 0 Å². The minimum absolute atomic E-state index is 0.193. The Morgan fingerprint density at radius 3 is 2.81 bits per heavy atom. The maximum Gasteiger partial charge on any atom is 0.303 e. The maximum atomic E-state index is 10.8. The molecule has 1 saturated carbocycles.